The molecule has 1 aliphatic rings. The van der Waals surface area contributed by atoms with Gasteiger partial charge in [0.25, 0.3) is 0 Å². The Morgan fingerprint density at radius 3 is 2.93 bits per heavy atom. The summed E-state index contributed by atoms with van der Waals surface area (Å²) in [6, 6.07) is 0. The first kappa shape index (κ1) is 10.9. The minimum absolute atomic E-state index is 0.000139. The SMILES string of the molecule is COC(=O)C[C@H]1CCC(=O)[C@@H]1CC=O. The molecule has 78 valence electrons. The van der Waals surface area contributed by atoms with Crippen molar-refractivity contribution in [2.45, 2.75) is 25.7 Å². The average molecular weight is 198 g/mol. The zero-order chi connectivity index (χ0) is 10.6. The second kappa shape index (κ2) is 4.88. The van der Waals surface area contributed by atoms with E-state index in [0.29, 0.717) is 12.8 Å². The van der Waals surface area contributed by atoms with Crippen LogP contribution in [0.2, 0.25) is 0 Å². The van der Waals surface area contributed by atoms with Crippen molar-refractivity contribution in [1.82, 2.24) is 0 Å². The number of methoxy groups -OCH3 is 1. The molecule has 0 unspecified atom stereocenters. The van der Waals surface area contributed by atoms with Crippen molar-refractivity contribution in [3.8, 4) is 0 Å². The first-order valence-corrected chi connectivity index (χ1v) is 4.72. The van der Waals surface area contributed by atoms with E-state index in [2.05, 4.69) is 4.74 Å². The lowest BCUT2D eigenvalue weighted by atomic mass is 9.90. The van der Waals surface area contributed by atoms with Gasteiger partial charge < -0.3 is 9.53 Å². The van der Waals surface area contributed by atoms with Gasteiger partial charge in [-0.05, 0) is 12.3 Å². The van der Waals surface area contributed by atoms with Gasteiger partial charge in [0.2, 0.25) is 0 Å². The average Bonchev–Trinajstić information content (AvgIpc) is 2.50. The fourth-order valence-corrected chi connectivity index (χ4v) is 1.95. The van der Waals surface area contributed by atoms with E-state index < -0.39 is 0 Å². The lowest BCUT2D eigenvalue weighted by Gasteiger charge is -2.13. The molecular weight excluding hydrogens is 184 g/mol. The van der Waals surface area contributed by atoms with Gasteiger partial charge in [-0.1, -0.05) is 0 Å². The van der Waals surface area contributed by atoms with Gasteiger partial charge in [0.05, 0.1) is 7.11 Å². The number of hydrogen-bond acceptors (Lipinski definition) is 4. The normalized spacial score (nSPS) is 26.2. The Bertz CT molecular complexity index is 247. The van der Waals surface area contributed by atoms with Crippen LogP contribution in [0.3, 0.4) is 0 Å². The minimum Gasteiger partial charge on any atom is -0.469 e. The molecule has 0 N–H and O–H groups in total. The van der Waals surface area contributed by atoms with E-state index in [9.17, 15) is 14.4 Å². The van der Waals surface area contributed by atoms with E-state index in [1.165, 1.54) is 7.11 Å². The van der Waals surface area contributed by atoms with E-state index in [0.717, 1.165) is 6.29 Å². The highest BCUT2D eigenvalue weighted by molar-refractivity contribution is 5.86. The number of aldehydes is 1. The molecule has 0 aromatic carbocycles. The van der Waals surface area contributed by atoms with Crippen LogP contribution in [-0.2, 0) is 19.1 Å². The molecule has 0 amide bonds. The van der Waals surface area contributed by atoms with Crippen molar-refractivity contribution in [1.29, 1.82) is 0 Å². The van der Waals surface area contributed by atoms with E-state index in [-0.39, 0.29) is 36.4 Å². The molecule has 0 aliphatic heterocycles. The molecule has 0 aromatic rings. The second-order valence-electron chi connectivity index (χ2n) is 3.55. The van der Waals surface area contributed by atoms with Gasteiger partial charge in [-0.2, -0.15) is 0 Å². The van der Waals surface area contributed by atoms with E-state index in [1.807, 2.05) is 0 Å². The van der Waals surface area contributed by atoms with E-state index in [4.69, 9.17) is 0 Å². The lowest BCUT2D eigenvalue weighted by Crippen LogP contribution is -2.18. The number of esters is 1. The van der Waals surface area contributed by atoms with Crippen LogP contribution in [-0.4, -0.2) is 25.1 Å². The summed E-state index contributed by atoms with van der Waals surface area (Å²) in [4.78, 5) is 32.7. The summed E-state index contributed by atoms with van der Waals surface area (Å²) in [5.41, 5.74) is 0. The van der Waals surface area contributed by atoms with Crippen molar-refractivity contribution in [2.24, 2.45) is 11.8 Å². The number of hydrogen-bond donors (Lipinski definition) is 0. The topological polar surface area (TPSA) is 60.4 Å². The molecule has 1 saturated carbocycles. The van der Waals surface area contributed by atoms with Gasteiger partial charge >= 0.3 is 5.97 Å². The summed E-state index contributed by atoms with van der Waals surface area (Å²) in [6.07, 6.45) is 2.42. The summed E-state index contributed by atoms with van der Waals surface area (Å²) >= 11 is 0. The molecular formula is C10H14O4. The molecule has 0 spiro atoms. The predicted molar refractivity (Wildman–Crippen MR) is 48.5 cm³/mol. The molecule has 0 aromatic heterocycles. The first-order chi connectivity index (χ1) is 6.69. The summed E-state index contributed by atoms with van der Waals surface area (Å²) in [6.45, 7) is 0. The molecule has 1 rings (SSSR count). The summed E-state index contributed by atoms with van der Waals surface area (Å²) in [7, 11) is 1.33. The molecule has 1 aliphatic carbocycles. The predicted octanol–water partition coefficient (Wildman–Crippen LogP) is 0.734. The number of carbonyl (C=O) groups is 3. The van der Waals surface area contributed by atoms with Crippen LogP contribution in [0.1, 0.15) is 25.7 Å². The molecule has 1 fully saturated rings. The van der Waals surface area contributed by atoms with Crippen LogP contribution >= 0.6 is 0 Å². The molecule has 4 nitrogen and oxygen atoms in total. The molecule has 0 saturated heterocycles. The van der Waals surface area contributed by atoms with Crippen LogP contribution in [0.5, 0.6) is 0 Å². The van der Waals surface area contributed by atoms with Crippen LogP contribution in [0, 0.1) is 11.8 Å². The molecule has 14 heavy (non-hydrogen) atoms. The fourth-order valence-electron chi connectivity index (χ4n) is 1.95. The summed E-state index contributed by atoms with van der Waals surface area (Å²) in [5, 5.41) is 0. The standard InChI is InChI=1S/C10H14O4/c1-14-10(13)6-7-2-3-9(12)8(7)4-5-11/h5,7-8H,2-4,6H2,1H3/t7-,8-/m1/s1. The smallest absolute Gasteiger partial charge is 0.305 e. The summed E-state index contributed by atoms with van der Waals surface area (Å²) < 4.78 is 4.54. The van der Waals surface area contributed by atoms with Gasteiger partial charge in [0.1, 0.15) is 12.1 Å². The Kier molecular flexibility index (Phi) is 3.80. The maximum Gasteiger partial charge on any atom is 0.305 e. The van der Waals surface area contributed by atoms with Crippen LogP contribution in [0.15, 0.2) is 0 Å². The Balaban J connectivity index is 2.55. The molecule has 2 atom stereocenters. The van der Waals surface area contributed by atoms with Crippen molar-refractivity contribution in [3.05, 3.63) is 0 Å². The van der Waals surface area contributed by atoms with Crippen LogP contribution in [0.4, 0.5) is 0 Å². The Hall–Kier alpha value is -1.19. The van der Waals surface area contributed by atoms with E-state index >= 15 is 0 Å². The minimum atomic E-state index is -0.305. The largest absolute Gasteiger partial charge is 0.469 e. The lowest BCUT2D eigenvalue weighted by molar-refractivity contribution is -0.142. The second-order valence-corrected chi connectivity index (χ2v) is 3.55. The quantitative estimate of drug-likeness (QED) is 0.493. The van der Waals surface area contributed by atoms with Gasteiger partial charge in [-0.15, -0.1) is 0 Å². The Morgan fingerprint density at radius 2 is 2.36 bits per heavy atom. The number of carbonyl (C=O) groups excluding carboxylic acids is 3. The van der Waals surface area contributed by atoms with Crippen molar-refractivity contribution >= 4 is 18.0 Å². The third-order valence-corrected chi connectivity index (χ3v) is 2.75. The third-order valence-electron chi connectivity index (χ3n) is 2.75. The number of rotatable bonds is 4. The van der Waals surface area contributed by atoms with Crippen molar-refractivity contribution in [2.75, 3.05) is 7.11 Å². The molecule has 0 bridgehead atoms. The number of ketones is 1. The van der Waals surface area contributed by atoms with Gasteiger partial charge in [-0.25, -0.2) is 0 Å². The molecule has 4 heteroatoms. The highest BCUT2D eigenvalue weighted by atomic mass is 16.5. The molecule has 0 radical (unpaired) electrons. The van der Waals surface area contributed by atoms with Gasteiger partial charge in [-0.3, -0.25) is 9.59 Å². The van der Waals surface area contributed by atoms with Gasteiger partial charge in [0.15, 0.2) is 0 Å². The van der Waals surface area contributed by atoms with E-state index in [1.54, 1.807) is 0 Å². The van der Waals surface area contributed by atoms with Crippen LogP contribution in [0.25, 0.3) is 0 Å². The van der Waals surface area contributed by atoms with Crippen molar-refractivity contribution < 1.29 is 19.1 Å². The van der Waals surface area contributed by atoms with Gasteiger partial charge in [0, 0.05) is 25.2 Å². The maximum absolute atomic E-state index is 11.3. The Morgan fingerprint density at radius 1 is 1.64 bits per heavy atom. The van der Waals surface area contributed by atoms with Crippen LogP contribution < -0.4 is 0 Å². The zero-order valence-corrected chi connectivity index (χ0v) is 8.19. The number of ether oxygens (including phenoxy) is 1. The fraction of sp³-hybridized carbons (Fsp3) is 0.700. The zero-order valence-electron chi connectivity index (χ0n) is 8.19. The number of Topliss-reactive ketones (excluding diaryl/α,β-unsaturated/α-hetero) is 1. The summed E-state index contributed by atoms with van der Waals surface area (Å²) in [5.74, 6) is -0.460. The first-order valence-electron chi connectivity index (χ1n) is 4.72. The third kappa shape index (κ3) is 2.40. The highest BCUT2D eigenvalue weighted by Gasteiger charge is 2.35. The highest BCUT2D eigenvalue weighted by Crippen LogP contribution is 2.33. The Labute approximate surface area is 82.6 Å². The monoisotopic (exact) mass is 198 g/mol. The van der Waals surface area contributed by atoms with Crippen molar-refractivity contribution in [3.63, 3.8) is 0 Å². The maximum atomic E-state index is 11.3. The molecule has 0 heterocycles.